The maximum absolute atomic E-state index is 9.64. The molecule has 0 amide bonds. The van der Waals surface area contributed by atoms with Crippen molar-refractivity contribution in [1.82, 2.24) is 15.0 Å². The molecule has 1 saturated carbocycles. The number of ether oxygens (including phenoxy) is 1. The zero-order valence-corrected chi connectivity index (χ0v) is 14.5. The van der Waals surface area contributed by atoms with Crippen LogP contribution < -0.4 is 10.1 Å². The van der Waals surface area contributed by atoms with E-state index in [4.69, 9.17) is 4.74 Å². The molecule has 1 aromatic carbocycles. The first-order valence-electron chi connectivity index (χ1n) is 9.01. The lowest BCUT2D eigenvalue weighted by atomic mass is 9.93. The fourth-order valence-corrected chi connectivity index (χ4v) is 3.25. The predicted molar refractivity (Wildman–Crippen MR) is 100.0 cm³/mol. The SMILES string of the molecule is OC1CCC(Nc2ncc3cccc(OCc4ccccn4)c3n2)CC1. The standard InChI is InChI=1S/C20H22N4O2/c25-17-9-7-15(8-10-17)23-20-22-12-14-4-3-6-18(19(14)24-20)26-13-16-5-1-2-11-21-16/h1-6,11-12,15,17,25H,7-10,13H2,(H,22,23,24). The van der Waals surface area contributed by atoms with Crippen LogP contribution in [0, 0.1) is 0 Å². The third kappa shape index (κ3) is 3.91. The van der Waals surface area contributed by atoms with Crippen molar-refractivity contribution in [3.63, 3.8) is 0 Å². The van der Waals surface area contributed by atoms with E-state index in [1.165, 1.54) is 0 Å². The second-order valence-electron chi connectivity index (χ2n) is 6.65. The van der Waals surface area contributed by atoms with Crippen LogP contribution in [0.3, 0.4) is 0 Å². The van der Waals surface area contributed by atoms with Gasteiger partial charge in [0, 0.05) is 23.8 Å². The Morgan fingerprint density at radius 1 is 1.04 bits per heavy atom. The Hall–Kier alpha value is -2.73. The lowest BCUT2D eigenvalue weighted by molar-refractivity contribution is 0.126. The van der Waals surface area contributed by atoms with E-state index in [0.29, 0.717) is 18.6 Å². The topological polar surface area (TPSA) is 80.2 Å². The average molecular weight is 350 g/mol. The molecule has 4 rings (SSSR count). The van der Waals surface area contributed by atoms with E-state index in [9.17, 15) is 5.11 Å². The van der Waals surface area contributed by atoms with Gasteiger partial charge in [-0.1, -0.05) is 18.2 Å². The molecular weight excluding hydrogens is 328 g/mol. The number of aliphatic hydroxyl groups excluding tert-OH is 1. The van der Waals surface area contributed by atoms with Crippen LogP contribution in [-0.4, -0.2) is 32.2 Å². The summed E-state index contributed by atoms with van der Waals surface area (Å²) < 4.78 is 5.95. The number of fused-ring (bicyclic) bond motifs is 1. The van der Waals surface area contributed by atoms with Crippen molar-refractivity contribution in [1.29, 1.82) is 0 Å². The zero-order valence-electron chi connectivity index (χ0n) is 14.5. The number of para-hydroxylation sites is 1. The van der Waals surface area contributed by atoms with Gasteiger partial charge in [0.1, 0.15) is 17.9 Å². The molecule has 3 aromatic rings. The number of nitrogens with one attached hydrogen (secondary N) is 1. The van der Waals surface area contributed by atoms with Crippen molar-refractivity contribution in [3.8, 4) is 5.75 Å². The van der Waals surface area contributed by atoms with Gasteiger partial charge >= 0.3 is 0 Å². The number of nitrogens with zero attached hydrogens (tertiary/aromatic N) is 3. The van der Waals surface area contributed by atoms with E-state index in [0.717, 1.165) is 48.0 Å². The second kappa shape index (κ2) is 7.66. The lowest BCUT2D eigenvalue weighted by Gasteiger charge is -2.26. The maximum Gasteiger partial charge on any atom is 0.223 e. The first-order valence-corrected chi connectivity index (χ1v) is 9.01. The number of anilines is 1. The number of hydrogen-bond donors (Lipinski definition) is 2. The highest BCUT2D eigenvalue weighted by Crippen LogP contribution is 2.26. The highest BCUT2D eigenvalue weighted by molar-refractivity contribution is 5.84. The Kier molecular flexibility index (Phi) is 4.93. The highest BCUT2D eigenvalue weighted by Gasteiger charge is 2.20. The first kappa shape index (κ1) is 16.7. The van der Waals surface area contributed by atoms with Crippen LogP contribution in [0.1, 0.15) is 31.4 Å². The van der Waals surface area contributed by atoms with E-state index in [1.54, 1.807) is 6.20 Å². The molecule has 6 heteroatoms. The van der Waals surface area contributed by atoms with E-state index in [2.05, 4.69) is 20.3 Å². The normalized spacial score (nSPS) is 20.0. The van der Waals surface area contributed by atoms with Gasteiger partial charge in [-0.2, -0.15) is 0 Å². The molecule has 0 unspecified atom stereocenters. The van der Waals surface area contributed by atoms with E-state index < -0.39 is 0 Å². The van der Waals surface area contributed by atoms with Crippen molar-refractivity contribution in [2.75, 3.05) is 5.32 Å². The summed E-state index contributed by atoms with van der Waals surface area (Å²) in [5, 5.41) is 14.0. The fraction of sp³-hybridized carbons (Fsp3) is 0.350. The van der Waals surface area contributed by atoms with Crippen LogP contribution in [0.5, 0.6) is 5.75 Å². The van der Waals surface area contributed by atoms with Gasteiger partial charge in [-0.05, 0) is 43.9 Å². The predicted octanol–water partition coefficient (Wildman–Crippen LogP) is 3.32. The Balaban J connectivity index is 1.52. The minimum Gasteiger partial charge on any atom is -0.485 e. The number of hydrogen-bond acceptors (Lipinski definition) is 6. The molecule has 1 fully saturated rings. The van der Waals surface area contributed by atoms with Gasteiger partial charge in [0.2, 0.25) is 5.95 Å². The van der Waals surface area contributed by atoms with Crippen LogP contribution >= 0.6 is 0 Å². The molecule has 2 aromatic heterocycles. The molecule has 0 atom stereocenters. The lowest BCUT2D eigenvalue weighted by Crippen LogP contribution is -2.28. The van der Waals surface area contributed by atoms with Crippen LogP contribution in [0.2, 0.25) is 0 Å². The molecule has 0 spiro atoms. The van der Waals surface area contributed by atoms with E-state index >= 15 is 0 Å². The summed E-state index contributed by atoms with van der Waals surface area (Å²) in [6.45, 7) is 0.396. The van der Waals surface area contributed by atoms with Crippen molar-refractivity contribution < 1.29 is 9.84 Å². The molecule has 134 valence electrons. The molecule has 0 radical (unpaired) electrons. The molecule has 2 heterocycles. The van der Waals surface area contributed by atoms with Crippen molar-refractivity contribution in [3.05, 3.63) is 54.5 Å². The summed E-state index contributed by atoms with van der Waals surface area (Å²) in [7, 11) is 0. The number of benzene rings is 1. The monoisotopic (exact) mass is 350 g/mol. The highest BCUT2D eigenvalue weighted by atomic mass is 16.5. The van der Waals surface area contributed by atoms with Crippen LogP contribution in [0.4, 0.5) is 5.95 Å². The molecule has 2 N–H and O–H groups in total. The summed E-state index contributed by atoms with van der Waals surface area (Å²) in [5.41, 5.74) is 1.66. The molecular formula is C20H22N4O2. The number of pyridine rings is 1. The summed E-state index contributed by atoms with van der Waals surface area (Å²) in [5.74, 6) is 1.32. The Bertz CT molecular complexity index is 864. The summed E-state index contributed by atoms with van der Waals surface area (Å²) in [4.78, 5) is 13.4. The van der Waals surface area contributed by atoms with Gasteiger partial charge in [0.05, 0.1) is 11.8 Å². The summed E-state index contributed by atoms with van der Waals surface area (Å²) in [6.07, 6.45) is 6.91. The molecule has 1 aliphatic carbocycles. The molecule has 0 aliphatic heterocycles. The van der Waals surface area contributed by atoms with Crippen molar-refractivity contribution in [2.24, 2.45) is 0 Å². The Morgan fingerprint density at radius 3 is 2.73 bits per heavy atom. The van der Waals surface area contributed by atoms with Crippen LogP contribution in [-0.2, 0) is 6.61 Å². The summed E-state index contributed by atoms with van der Waals surface area (Å²) in [6, 6.07) is 11.9. The molecule has 0 saturated heterocycles. The van der Waals surface area contributed by atoms with Gasteiger partial charge in [0.15, 0.2) is 0 Å². The maximum atomic E-state index is 9.64. The third-order valence-corrected chi connectivity index (χ3v) is 4.71. The van der Waals surface area contributed by atoms with Gasteiger partial charge in [-0.25, -0.2) is 9.97 Å². The minimum atomic E-state index is -0.169. The average Bonchev–Trinajstić information content (AvgIpc) is 2.69. The Labute approximate surface area is 152 Å². The van der Waals surface area contributed by atoms with Gasteiger partial charge in [0.25, 0.3) is 0 Å². The Morgan fingerprint density at radius 2 is 1.92 bits per heavy atom. The minimum absolute atomic E-state index is 0.169. The summed E-state index contributed by atoms with van der Waals surface area (Å²) >= 11 is 0. The fourth-order valence-electron chi connectivity index (χ4n) is 3.25. The van der Waals surface area contributed by atoms with Gasteiger partial charge < -0.3 is 15.2 Å². The molecule has 6 nitrogen and oxygen atoms in total. The molecule has 0 bridgehead atoms. The third-order valence-electron chi connectivity index (χ3n) is 4.71. The second-order valence-corrected chi connectivity index (χ2v) is 6.65. The number of aliphatic hydroxyl groups is 1. The van der Waals surface area contributed by atoms with Gasteiger partial charge in [-0.3, -0.25) is 4.98 Å². The smallest absolute Gasteiger partial charge is 0.223 e. The van der Waals surface area contributed by atoms with Crippen molar-refractivity contribution in [2.45, 2.75) is 44.4 Å². The van der Waals surface area contributed by atoms with E-state index in [1.807, 2.05) is 42.6 Å². The quantitative estimate of drug-likeness (QED) is 0.735. The zero-order chi connectivity index (χ0) is 17.8. The van der Waals surface area contributed by atoms with Crippen LogP contribution in [0.25, 0.3) is 10.9 Å². The van der Waals surface area contributed by atoms with Gasteiger partial charge in [-0.15, -0.1) is 0 Å². The first-order chi connectivity index (χ1) is 12.8. The van der Waals surface area contributed by atoms with Crippen LogP contribution in [0.15, 0.2) is 48.8 Å². The number of rotatable bonds is 5. The number of aromatic nitrogens is 3. The largest absolute Gasteiger partial charge is 0.485 e. The van der Waals surface area contributed by atoms with E-state index in [-0.39, 0.29) is 6.10 Å². The van der Waals surface area contributed by atoms with Crippen molar-refractivity contribution >= 4 is 16.9 Å². The molecule has 26 heavy (non-hydrogen) atoms. The molecule has 1 aliphatic rings.